The summed E-state index contributed by atoms with van der Waals surface area (Å²) < 4.78 is 52.4. The predicted octanol–water partition coefficient (Wildman–Crippen LogP) is 5.67. The number of likely N-dealkylation sites (N-methyl/N-ethyl adjacent to an activating group) is 1. The summed E-state index contributed by atoms with van der Waals surface area (Å²) in [5.74, 6) is 1.30. The van der Waals surface area contributed by atoms with Crippen LogP contribution in [0.5, 0.6) is 6.01 Å². The molecule has 5 heterocycles. The van der Waals surface area contributed by atoms with Crippen molar-refractivity contribution in [2.45, 2.75) is 56.4 Å². The van der Waals surface area contributed by atoms with Gasteiger partial charge >= 0.3 is 6.01 Å². The summed E-state index contributed by atoms with van der Waals surface area (Å²) >= 11 is 0. The first-order chi connectivity index (χ1) is 22.7. The summed E-state index contributed by atoms with van der Waals surface area (Å²) in [5.41, 5.74) is -0.192. The maximum atomic E-state index is 16.8. The summed E-state index contributed by atoms with van der Waals surface area (Å²) in [6.45, 7) is 7.44. The van der Waals surface area contributed by atoms with Gasteiger partial charge in [-0.2, -0.15) is 9.97 Å². The molecule has 0 aliphatic carbocycles. The third-order valence-corrected chi connectivity index (χ3v) is 10.3. The molecule has 3 fully saturated rings. The summed E-state index contributed by atoms with van der Waals surface area (Å²) in [6, 6.07) is 7.66. The Bertz CT molecular complexity index is 1960. The normalized spacial score (nSPS) is 24.1. The number of hydrogen-bond donors (Lipinski definition) is 0. The van der Waals surface area contributed by atoms with Crippen LogP contribution in [0.1, 0.15) is 38.2 Å². The first-order valence-corrected chi connectivity index (χ1v) is 15.9. The summed E-state index contributed by atoms with van der Waals surface area (Å²) in [7, 11) is 1.84. The van der Waals surface area contributed by atoms with E-state index >= 15 is 4.39 Å². The Kier molecular flexibility index (Phi) is 7.79. The maximum Gasteiger partial charge on any atom is 0.319 e. The molecule has 2 aromatic heterocycles. The lowest BCUT2D eigenvalue weighted by Crippen LogP contribution is -2.44. The molecule has 1 amide bonds. The van der Waals surface area contributed by atoms with Crippen molar-refractivity contribution in [3.05, 3.63) is 66.4 Å². The minimum absolute atomic E-state index is 0.0171. The Labute approximate surface area is 271 Å². The molecule has 8 nitrogen and oxygen atoms in total. The Hall–Kier alpha value is -4.69. The molecule has 4 aromatic rings. The average molecular weight is 641 g/mol. The van der Waals surface area contributed by atoms with Gasteiger partial charge in [-0.05, 0) is 50.3 Å². The lowest BCUT2D eigenvalue weighted by Gasteiger charge is -2.32. The van der Waals surface area contributed by atoms with Gasteiger partial charge in [0.1, 0.15) is 35.6 Å². The van der Waals surface area contributed by atoms with Gasteiger partial charge in [-0.25, -0.2) is 13.2 Å². The van der Waals surface area contributed by atoms with Crippen LogP contribution >= 0.6 is 0 Å². The first-order valence-electron chi connectivity index (χ1n) is 15.9. The number of fused-ring (bicyclic) bond motifs is 3. The van der Waals surface area contributed by atoms with E-state index in [4.69, 9.17) is 16.1 Å². The fourth-order valence-electron chi connectivity index (χ4n) is 7.91. The smallest absolute Gasteiger partial charge is 0.319 e. The van der Waals surface area contributed by atoms with Crippen LogP contribution in [0.25, 0.3) is 32.9 Å². The molecule has 3 aliphatic heterocycles. The van der Waals surface area contributed by atoms with E-state index < -0.39 is 23.3 Å². The number of rotatable bonds is 7. The summed E-state index contributed by atoms with van der Waals surface area (Å²) in [4.78, 5) is 32.2. The molecule has 0 unspecified atom stereocenters. The van der Waals surface area contributed by atoms with Crippen molar-refractivity contribution in [1.82, 2.24) is 24.8 Å². The molecule has 4 atom stereocenters. The van der Waals surface area contributed by atoms with Crippen LogP contribution in [0.4, 0.5) is 19.0 Å². The number of halogens is 3. The molecule has 0 radical (unpaired) electrons. The maximum absolute atomic E-state index is 16.8. The van der Waals surface area contributed by atoms with E-state index in [9.17, 15) is 13.6 Å². The first kappa shape index (κ1) is 30.9. The molecule has 0 N–H and O–H groups in total. The Balaban J connectivity index is 1.36. The molecule has 0 spiro atoms. The highest BCUT2D eigenvalue weighted by molar-refractivity contribution is 6.02. The van der Waals surface area contributed by atoms with Crippen molar-refractivity contribution in [2.24, 2.45) is 0 Å². The fraction of sp³-hybridized carbons (Fsp3) is 0.389. The van der Waals surface area contributed by atoms with E-state index in [0.717, 1.165) is 19.4 Å². The number of anilines is 1. The number of aromatic nitrogens is 3. The van der Waals surface area contributed by atoms with Gasteiger partial charge in [0.2, 0.25) is 5.91 Å². The van der Waals surface area contributed by atoms with Crippen LogP contribution in [0.3, 0.4) is 0 Å². The highest BCUT2D eigenvalue weighted by atomic mass is 19.1. The third kappa shape index (κ3) is 5.06. The van der Waals surface area contributed by atoms with Crippen molar-refractivity contribution >= 4 is 33.4 Å². The molecule has 0 saturated carbocycles. The van der Waals surface area contributed by atoms with Gasteiger partial charge < -0.3 is 14.5 Å². The molecule has 47 heavy (non-hydrogen) atoms. The van der Waals surface area contributed by atoms with E-state index in [2.05, 4.69) is 27.4 Å². The van der Waals surface area contributed by atoms with Gasteiger partial charge in [0, 0.05) is 49.7 Å². The zero-order chi connectivity index (χ0) is 33.0. The predicted molar refractivity (Wildman–Crippen MR) is 175 cm³/mol. The number of amides is 1. The second-order valence-corrected chi connectivity index (χ2v) is 12.8. The van der Waals surface area contributed by atoms with Crippen LogP contribution in [0.2, 0.25) is 0 Å². The standard InChI is InChI=1S/C36H35F3N6O2/c1-5-24-27(38)12-11-22-9-7-10-25(30(22)24)32-31(39)33-26(18-40-32)34(43(4)28-13-16-45(21(28)3)29(46)6-2)42-35(41-33)47-20-36-14-8-15-44(36)19-23(37)17-36/h1,6-7,9-12,18,21,23,28H,2,8,13-17,19-20H2,3-4H3/t21-,23-,28+,36+/m1/s1. The molecule has 3 saturated heterocycles. The topological polar surface area (TPSA) is 74.7 Å². The van der Waals surface area contributed by atoms with E-state index in [1.165, 1.54) is 18.3 Å². The average Bonchev–Trinajstić information content (AvgIpc) is 3.74. The second-order valence-electron chi connectivity index (χ2n) is 12.8. The molecule has 242 valence electrons. The quantitative estimate of drug-likeness (QED) is 0.190. The zero-order valence-corrected chi connectivity index (χ0v) is 26.3. The Morgan fingerprint density at radius 2 is 2.09 bits per heavy atom. The Morgan fingerprint density at radius 1 is 1.26 bits per heavy atom. The van der Waals surface area contributed by atoms with E-state index in [-0.39, 0.29) is 47.4 Å². The van der Waals surface area contributed by atoms with Crippen LogP contribution in [-0.4, -0.2) is 87.7 Å². The van der Waals surface area contributed by atoms with E-state index in [1.807, 2.05) is 18.9 Å². The number of terminal acetylenes is 1. The Morgan fingerprint density at radius 3 is 2.87 bits per heavy atom. The molecule has 2 aromatic carbocycles. The van der Waals surface area contributed by atoms with Gasteiger partial charge in [-0.1, -0.05) is 36.8 Å². The zero-order valence-electron chi connectivity index (χ0n) is 26.3. The lowest BCUT2D eigenvalue weighted by atomic mass is 9.95. The number of carbonyl (C=O) groups is 1. The molecular formula is C36H35F3N6O2. The molecule has 7 rings (SSSR count). The van der Waals surface area contributed by atoms with Crippen molar-refractivity contribution < 1.29 is 22.7 Å². The second kappa shape index (κ2) is 11.8. The number of pyridine rings is 1. The van der Waals surface area contributed by atoms with Gasteiger partial charge in [0.15, 0.2) is 5.82 Å². The number of carbonyl (C=O) groups excluding carboxylic acids is 1. The highest BCUT2D eigenvalue weighted by Crippen LogP contribution is 2.41. The van der Waals surface area contributed by atoms with Crippen molar-refractivity contribution in [2.75, 3.05) is 38.2 Å². The fourth-order valence-corrected chi connectivity index (χ4v) is 7.91. The van der Waals surface area contributed by atoms with Crippen molar-refractivity contribution in [3.63, 3.8) is 0 Å². The summed E-state index contributed by atoms with van der Waals surface area (Å²) in [5, 5.41) is 1.36. The largest absolute Gasteiger partial charge is 0.461 e. The minimum atomic E-state index is -0.937. The van der Waals surface area contributed by atoms with Crippen molar-refractivity contribution in [3.8, 4) is 29.6 Å². The van der Waals surface area contributed by atoms with Crippen LogP contribution < -0.4 is 9.64 Å². The molecule has 3 aliphatic rings. The van der Waals surface area contributed by atoms with Gasteiger partial charge in [0.05, 0.1) is 22.5 Å². The molecule has 11 heteroatoms. The number of nitrogens with zero attached hydrogens (tertiary/aromatic N) is 6. The van der Waals surface area contributed by atoms with E-state index in [0.29, 0.717) is 53.5 Å². The third-order valence-electron chi connectivity index (χ3n) is 10.3. The summed E-state index contributed by atoms with van der Waals surface area (Å²) in [6.07, 6.45) is 10.3. The van der Waals surface area contributed by atoms with Crippen molar-refractivity contribution in [1.29, 1.82) is 0 Å². The SMILES string of the molecule is C#Cc1c(F)ccc2cccc(-c3ncc4c(N(C)[C@H]5CCN(C(=O)C=C)[C@@H]5C)nc(OC[C@@]56CCCN5C[C@H](F)C6)nc4c3F)c12. The van der Waals surface area contributed by atoms with Gasteiger partial charge in [0.25, 0.3) is 0 Å². The van der Waals surface area contributed by atoms with Gasteiger partial charge in [-0.3, -0.25) is 14.7 Å². The molecular weight excluding hydrogens is 605 g/mol. The monoisotopic (exact) mass is 640 g/mol. The number of alkyl halides is 1. The van der Waals surface area contributed by atoms with Crippen LogP contribution in [0, 0.1) is 24.0 Å². The number of benzene rings is 2. The van der Waals surface area contributed by atoms with Crippen LogP contribution in [0.15, 0.2) is 49.2 Å². The highest BCUT2D eigenvalue weighted by Gasteiger charge is 2.49. The molecule has 0 bridgehead atoms. The number of ether oxygens (including phenoxy) is 1. The van der Waals surface area contributed by atoms with E-state index in [1.54, 1.807) is 29.2 Å². The van der Waals surface area contributed by atoms with Gasteiger partial charge in [-0.15, -0.1) is 6.42 Å². The van der Waals surface area contributed by atoms with Crippen LogP contribution in [-0.2, 0) is 4.79 Å². The lowest BCUT2D eigenvalue weighted by molar-refractivity contribution is -0.126. The number of hydrogen-bond acceptors (Lipinski definition) is 7. The minimum Gasteiger partial charge on any atom is -0.461 e. The number of likely N-dealkylation sites (tertiary alicyclic amines) is 1.